The van der Waals surface area contributed by atoms with E-state index in [-0.39, 0.29) is 16.3 Å². The molecular weight excluding hydrogens is 364 g/mol. The topological polar surface area (TPSA) is 44.0 Å². The summed E-state index contributed by atoms with van der Waals surface area (Å²) in [5.74, 6) is -0.0138. The van der Waals surface area contributed by atoms with Gasteiger partial charge >= 0.3 is 5.69 Å². The number of hydrogen-bond acceptors (Lipinski definition) is 2. The minimum absolute atomic E-state index is 0.0138. The van der Waals surface area contributed by atoms with Gasteiger partial charge < -0.3 is 0 Å². The molecule has 2 rings (SSSR count). The number of Topliss-reactive ketones (excluding diaryl/α,β-unsaturated/α-hetero) is 1. The van der Waals surface area contributed by atoms with Crippen LogP contribution in [0.1, 0.15) is 17.3 Å². The first-order valence-electron chi connectivity index (χ1n) is 5.38. The van der Waals surface area contributed by atoms with Crippen molar-refractivity contribution >= 4 is 48.7 Å². The van der Waals surface area contributed by atoms with Gasteiger partial charge in [0.2, 0.25) is 0 Å². The van der Waals surface area contributed by atoms with Crippen molar-refractivity contribution in [2.75, 3.05) is 0 Å². The standard InChI is InChI=1S/C12H12Br2N2O2/c1-6(13)11(17)7-4-9-10(5-8(7)14)16(3)12(18)15(9)2/h4-6H,1-3H3. The molecule has 0 radical (unpaired) electrons. The Bertz CT molecular complexity index is 698. The molecule has 1 unspecified atom stereocenters. The second-order valence-corrected chi connectivity index (χ2v) is 6.43. The quantitative estimate of drug-likeness (QED) is 0.598. The monoisotopic (exact) mass is 374 g/mol. The molecule has 0 spiro atoms. The third kappa shape index (κ3) is 1.97. The second-order valence-electron chi connectivity index (χ2n) is 4.20. The van der Waals surface area contributed by atoms with Gasteiger partial charge in [-0.2, -0.15) is 0 Å². The number of carbonyl (C=O) groups is 1. The summed E-state index contributed by atoms with van der Waals surface area (Å²) in [7, 11) is 3.41. The van der Waals surface area contributed by atoms with Crippen molar-refractivity contribution in [1.82, 2.24) is 9.13 Å². The number of fused-ring (bicyclic) bond motifs is 1. The Morgan fingerprint density at radius 1 is 1.22 bits per heavy atom. The Hall–Kier alpha value is -0.880. The van der Waals surface area contributed by atoms with Gasteiger partial charge in [0.05, 0.1) is 15.9 Å². The van der Waals surface area contributed by atoms with Crippen molar-refractivity contribution in [3.8, 4) is 0 Å². The van der Waals surface area contributed by atoms with E-state index in [2.05, 4.69) is 31.9 Å². The summed E-state index contributed by atoms with van der Waals surface area (Å²) in [6, 6.07) is 3.56. The molecular formula is C12H12Br2N2O2. The van der Waals surface area contributed by atoms with Gasteiger partial charge in [0.1, 0.15) is 0 Å². The van der Waals surface area contributed by atoms with E-state index in [0.29, 0.717) is 10.0 Å². The molecule has 0 aliphatic heterocycles. The lowest BCUT2D eigenvalue weighted by Gasteiger charge is -2.06. The maximum atomic E-state index is 12.0. The summed E-state index contributed by atoms with van der Waals surface area (Å²) in [5.41, 5.74) is 2.02. The van der Waals surface area contributed by atoms with E-state index in [1.165, 1.54) is 4.57 Å². The van der Waals surface area contributed by atoms with Crippen molar-refractivity contribution in [2.24, 2.45) is 14.1 Å². The first-order valence-corrected chi connectivity index (χ1v) is 7.08. The maximum absolute atomic E-state index is 12.0. The van der Waals surface area contributed by atoms with Gasteiger partial charge in [-0.15, -0.1) is 0 Å². The predicted molar refractivity (Wildman–Crippen MR) is 78.6 cm³/mol. The van der Waals surface area contributed by atoms with Gasteiger partial charge in [-0.1, -0.05) is 15.9 Å². The van der Waals surface area contributed by atoms with Crippen molar-refractivity contribution in [2.45, 2.75) is 11.8 Å². The molecule has 4 nitrogen and oxygen atoms in total. The van der Waals surface area contributed by atoms with Gasteiger partial charge in [0.25, 0.3) is 0 Å². The van der Waals surface area contributed by atoms with Crippen LogP contribution in [0.3, 0.4) is 0 Å². The number of ketones is 1. The smallest absolute Gasteiger partial charge is 0.295 e. The van der Waals surface area contributed by atoms with Crippen molar-refractivity contribution < 1.29 is 4.79 Å². The highest BCUT2D eigenvalue weighted by atomic mass is 79.9. The van der Waals surface area contributed by atoms with E-state index in [1.807, 2.05) is 0 Å². The Kier molecular flexibility index (Phi) is 3.51. The largest absolute Gasteiger partial charge is 0.328 e. The second kappa shape index (κ2) is 4.66. The van der Waals surface area contributed by atoms with Crippen LogP contribution in [0.2, 0.25) is 0 Å². The zero-order chi connectivity index (χ0) is 13.6. The van der Waals surface area contributed by atoms with Gasteiger partial charge in [0, 0.05) is 24.1 Å². The fourth-order valence-corrected chi connectivity index (χ4v) is 2.70. The van der Waals surface area contributed by atoms with Gasteiger partial charge in [0.15, 0.2) is 5.78 Å². The van der Waals surface area contributed by atoms with Crippen LogP contribution >= 0.6 is 31.9 Å². The maximum Gasteiger partial charge on any atom is 0.328 e. The Balaban J connectivity index is 2.81. The molecule has 1 aromatic heterocycles. The van der Waals surface area contributed by atoms with Gasteiger partial charge in [-0.3, -0.25) is 13.9 Å². The van der Waals surface area contributed by atoms with E-state index >= 15 is 0 Å². The normalized spacial score (nSPS) is 12.9. The average Bonchev–Trinajstić information content (AvgIpc) is 2.53. The average molecular weight is 376 g/mol. The molecule has 0 bridgehead atoms. The number of rotatable bonds is 2. The molecule has 1 heterocycles. The zero-order valence-corrected chi connectivity index (χ0v) is 13.4. The number of alkyl halides is 1. The molecule has 6 heteroatoms. The van der Waals surface area contributed by atoms with Crippen molar-refractivity contribution in [3.63, 3.8) is 0 Å². The van der Waals surface area contributed by atoms with Crippen LogP contribution in [0.25, 0.3) is 11.0 Å². The number of aromatic nitrogens is 2. The van der Waals surface area contributed by atoms with E-state index in [9.17, 15) is 9.59 Å². The molecule has 0 amide bonds. The Labute approximate surface area is 121 Å². The molecule has 1 aromatic carbocycles. The van der Waals surface area contributed by atoms with Gasteiger partial charge in [-0.25, -0.2) is 4.79 Å². The lowest BCUT2D eigenvalue weighted by Crippen LogP contribution is -2.19. The van der Waals surface area contributed by atoms with Crippen molar-refractivity contribution in [3.05, 3.63) is 32.7 Å². The van der Waals surface area contributed by atoms with E-state index < -0.39 is 0 Å². The number of halogens is 2. The first-order chi connectivity index (χ1) is 8.34. The summed E-state index contributed by atoms with van der Waals surface area (Å²) in [5, 5.41) is 0. The molecule has 0 aliphatic rings. The lowest BCUT2D eigenvalue weighted by molar-refractivity contribution is 0.0995. The van der Waals surface area contributed by atoms with Crippen LogP contribution in [0.4, 0.5) is 0 Å². The number of hydrogen-bond donors (Lipinski definition) is 0. The third-order valence-corrected chi connectivity index (χ3v) is 4.06. The predicted octanol–water partition coefficient (Wildman–Crippen LogP) is 2.61. The van der Waals surface area contributed by atoms with E-state index in [0.717, 1.165) is 11.0 Å². The molecule has 0 fully saturated rings. The molecule has 1 atom stereocenters. The molecule has 0 saturated heterocycles. The van der Waals surface area contributed by atoms with Crippen LogP contribution in [-0.4, -0.2) is 19.7 Å². The molecule has 96 valence electrons. The molecule has 18 heavy (non-hydrogen) atoms. The fourth-order valence-electron chi connectivity index (χ4n) is 1.92. The highest BCUT2D eigenvalue weighted by Gasteiger charge is 2.18. The van der Waals surface area contributed by atoms with Crippen molar-refractivity contribution in [1.29, 1.82) is 0 Å². The van der Waals surface area contributed by atoms with Gasteiger partial charge in [-0.05, 0) is 35.0 Å². The van der Waals surface area contributed by atoms with E-state index in [4.69, 9.17) is 0 Å². The number of aryl methyl sites for hydroxylation is 2. The Morgan fingerprint density at radius 3 is 2.22 bits per heavy atom. The summed E-state index contributed by atoms with van der Waals surface area (Å²) in [6.45, 7) is 1.78. The molecule has 0 N–H and O–H groups in total. The number of carbonyl (C=O) groups excluding carboxylic acids is 1. The number of nitrogens with zero attached hydrogens (tertiary/aromatic N) is 2. The zero-order valence-electron chi connectivity index (χ0n) is 10.2. The number of imidazole rings is 1. The summed E-state index contributed by atoms with van der Waals surface area (Å²) >= 11 is 6.66. The van der Waals surface area contributed by atoms with Crippen LogP contribution < -0.4 is 5.69 Å². The Morgan fingerprint density at radius 2 is 1.72 bits per heavy atom. The first kappa shape index (κ1) is 13.5. The van der Waals surface area contributed by atoms with Crippen LogP contribution in [0, 0.1) is 0 Å². The van der Waals surface area contributed by atoms with E-state index in [1.54, 1.807) is 37.7 Å². The summed E-state index contributed by atoms with van der Waals surface area (Å²) in [4.78, 5) is 23.6. The number of benzene rings is 1. The summed E-state index contributed by atoms with van der Waals surface area (Å²) < 4.78 is 3.80. The highest BCUT2D eigenvalue weighted by molar-refractivity contribution is 9.10. The minimum atomic E-state index is -0.257. The van der Waals surface area contributed by atoms with Crippen LogP contribution in [0.5, 0.6) is 0 Å². The fraction of sp³-hybridized carbons (Fsp3) is 0.333. The summed E-state index contributed by atoms with van der Waals surface area (Å²) in [6.07, 6.45) is 0. The SMILES string of the molecule is CC(Br)C(=O)c1cc2c(cc1Br)n(C)c(=O)n2C. The van der Waals surface area contributed by atoms with Crippen LogP contribution in [0.15, 0.2) is 21.4 Å². The minimum Gasteiger partial charge on any atom is -0.295 e. The lowest BCUT2D eigenvalue weighted by atomic mass is 10.1. The highest BCUT2D eigenvalue weighted by Crippen LogP contribution is 2.25. The molecule has 2 aromatic rings. The van der Waals surface area contributed by atoms with Crippen LogP contribution in [-0.2, 0) is 14.1 Å². The third-order valence-electron chi connectivity index (χ3n) is 2.99. The molecule has 0 saturated carbocycles. The molecule has 0 aliphatic carbocycles.